The summed E-state index contributed by atoms with van der Waals surface area (Å²) >= 11 is 0. The van der Waals surface area contributed by atoms with Crippen molar-refractivity contribution >= 4 is 21.7 Å². The van der Waals surface area contributed by atoms with Crippen LogP contribution in [0.3, 0.4) is 0 Å². The Kier molecular flexibility index (Phi) is 6.81. The molecule has 8 heteroatoms. The maximum absolute atomic E-state index is 12.9. The average molecular weight is 451 g/mol. The van der Waals surface area contributed by atoms with Crippen molar-refractivity contribution in [1.29, 1.82) is 5.26 Å². The quantitative estimate of drug-likeness (QED) is 0.399. The molecule has 0 unspecified atom stereocenters. The molecule has 0 heterocycles. The second-order valence-corrected chi connectivity index (χ2v) is 9.08. The van der Waals surface area contributed by atoms with E-state index < -0.39 is 16.0 Å². The Bertz CT molecular complexity index is 1260. The van der Waals surface area contributed by atoms with Gasteiger partial charge in [-0.3, -0.25) is 4.31 Å². The van der Waals surface area contributed by atoms with Gasteiger partial charge in [-0.1, -0.05) is 6.07 Å². The first-order valence-electron chi connectivity index (χ1n) is 9.70. The number of anilines is 1. The maximum Gasteiger partial charge on any atom is 0.349 e. The van der Waals surface area contributed by atoms with Crippen molar-refractivity contribution in [2.75, 3.05) is 18.0 Å². The van der Waals surface area contributed by atoms with E-state index in [0.717, 1.165) is 11.1 Å². The maximum atomic E-state index is 12.9. The van der Waals surface area contributed by atoms with Gasteiger partial charge in [-0.25, -0.2) is 13.2 Å². The van der Waals surface area contributed by atoms with Crippen molar-refractivity contribution in [2.24, 2.45) is 0 Å². The molecule has 0 aliphatic heterocycles. The summed E-state index contributed by atoms with van der Waals surface area (Å²) in [7, 11) is -2.26. The van der Waals surface area contributed by atoms with Crippen LogP contribution in [0, 0.1) is 25.2 Å². The van der Waals surface area contributed by atoms with Crippen LogP contribution in [0.25, 0.3) is 0 Å². The van der Waals surface area contributed by atoms with Crippen LogP contribution in [-0.4, -0.2) is 28.0 Å². The number of carbonyl (C=O) groups excluding carboxylic acids is 1. The topological polar surface area (TPSA) is 96.7 Å². The largest absolute Gasteiger partial charge is 0.482 e. The van der Waals surface area contributed by atoms with E-state index in [9.17, 15) is 13.2 Å². The van der Waals surface area contributed by atoms with Crippen LogP contribution in [0.5, 0.6) is 11.5 Å². The highest BCUT2D eigenvalue weighted by atomic mass is 32.2. The van der Waals surface area contributed by atoms with Crippen molar-refractivity contribution in [3.8, 4) is 17.6 Å². The molecular formula is C24H22N2O5S. The van der Waals surface area contributed by atoms with Crippen LogP contribution >= 0.6 is 0 Å². The van der Waals surface area contributed by atoms with Crippen molar-refractivity contribution in [3.05, 3.63) is 83.4 Å². The molecule has 7 nitrogen and oxygen atoms in total. The molecular weight excluding hydrogens is 428 g/mol. The minimum atomic E-state index is -3.73. The minimum absolute atomic E-state index is 0.207. The van der Waals surface area contributed by atoms with Crippen molar-refractivity contribution in [3.63, 3.8) is 0 Å². The standard InChI is InChI=1S/C24H22N2O5S/c1-17-4-13-23(14-18(17)2)32(28,29)26(3)20-7-11-22(12-8-20)31-24(27)16-30-21-9-5-19(15-25)6-10-21/h4-14H,16H2,1-3H3. The van der Waals surface area contributed by atoms with Gasteiger partial charge < -0.3 is 9.47 Å². The molecule has 0 N–H and O–H groups in total. The lowest BCUT2D eigenvalue weighted by molar-refractivity contribution is -0.136. The summed E-state index contributed by atoms with van der Waals surface area (Å²) in [6.07, 6.45) is 0. The molecule has 0 aliphatic rings. The first-order valence-corrected chi connectivity index (χ1v) is 11.1. The van der Waals surface area contributed by atoms with Crippen LogP contribution in [0.15, 0.2) is 71.6 Å². The Morgan fingerprint density at radius 2 is 1.56 bits per heavy atom. The zero-order chi connectivity index (χ0) is 23.3. The molecule has 0 fully saturated rings. The van der Waals surface area contributed by atoms with E-state index in [1.807, 2.05) is 19.9 Å². The zero-order valence-corrected chi connectivity index (χ0v) is 18.7. The lowest BCUT2D eigenvalue weighted by Crippen LogP contribution is -2.26. The van der Waals surface area contributed by atoms with Gasteiger partial charge in [0.25, 0.3) is 10.0 Å². The Balaban J connectivity index is 1.62. The van der Waals surface area contributed by atoms with Gasteiger partial charge in [-0.15, -0.1) is 0 Å². The van der Waals surface area contributed by atoms with Gasteiger partial charge in [-0.2, -0.15) is 5.26 Å². The molecule has 0 saturated carbocycles. The third kappa shape index (κ3) is 5.25. The number of carbonyl (C=O) groups is 1. The summed E-state index contributed by atoms with van der Waals surface area (Å²) in [4.78, 5) is 12.2. The number of nitriles is 1. The van der Waals surface area contributed by atoms with Gasteiger partial charge in [0.05, 0.1) is 22.2 Å². The third-order valence-electron chi connectivity index (χ3n) is 4.91. The number of rotatable bonds is 7. The number of aryl methyl sites for hydroxylation is 2. The third-order valence-corrected chi connectivity index (χ3v) is 6.69. The molecule has 3 aromatic rings. The highest BCUT2D eigenvalue weighted by Gasteiger charge is 2.22. The van der Waals surface area contributed by atoms with E-state index in [2.05, 4.69) is 0 Å². The zero-order valence-electron chi connectivity index (χ0n) is 17.9. The number of esters is 1. The Morgan fingerprint density at radius 1 is 0.938 bits per heavy atom. The molecule has 0 aromatic heterocycles. The SMILES string of the molecule is Cc1ccc(S(=O)(=O)N(C)c2ccc(OC(=O)COc3ccc(C#N)cc3)cc2)cc1C. The lowest BCUT2D eigenvalue weighted by atomic mass is 10.1. The number of nitrogens with zero attached hydrogens (tertiary/aromatic N) is 2. The number of benzene rings is 3. The number of hydrogen-bond donors (Lipinski definition) is 0. The first-order chi connectivity index (χ1) is 15.2. The average Bonchev–Trinajstić information content (AvgIpc) is 2.79. The van der Waals surface area contributed by atoms with Gasteiger partial charge in [-0.05, 0) is 85.6 Å². The van der Waals surface area contributed by atoms with E-state index >= 15 is 0 Å². The van der Waals surface area contributed by atoms with Gasteiger partial charge >= 0.3 is 5.97 Å². The van der Waals surface area contributed by atoms with E-state index in [1.54, 1.807) is 54.6 Å². The fourth-order valence-corrected chi connectivity index (χ4v) is 4.11. The normalized spacial score (nSPS) is 10.8. The van der Waals surface area contributed by atoms with Crippen LogP contribution in [0.4, 0.5) is 5.69 Å². The van der Waals surface area contributed by atoms with Crippen LogP contribution in [0.1, 0.15) is 16.7 Å². The summed E-state index contributed by atoms with van der Waals surface area (Å²) in [6.45, 7) is 3.47. The predicted octanol–water partition coefficient (Wildman–Crippen LogP) is 3.98. The van der Waals surface area contributed by atoms with Crippen molar-refractivity contribution in [2.45, 2.75) is 18.7 Å². The molecule has 164 valence electrons. The summed E-state index contributed by atoms with van der Waals surface area (Å²) < 4.78 is 37.6. The van der Waals surface area contributed by atoms with E-state index in [-0.39, 0.29) is 17.3 Å². The Labute approximate surface area is 187 Å². The second-order valence-electron chi connectivity index (χ2n) is 7.11. The highest BCUT2D eigenvalue weighted by Crippen LogP contribution is 2.25. The minimum Gasteiger partial charge on any atom is -0.482 e. The van der Waals surface area contributed by atoms with E-state index in [0.29, 0.717) is 17.0 Å². The predicted molar refractivity (Wildman–Crippen MR) is 120 cm³/mol. The number of sulfonamides is 1. The van der Waals surface area contributed by atoms with Crippen LogP contribution in [0.2, 0.25) is 0 Å². The van der Waals surface area contributed by atoms with E-state index in [4.69, 9.17) is 14.7 Å². The summed E-state index contributed by atoms with van der Waals surface area (Å²) in [5.74, 6) is 0.0897. The Morgan fingerprint density at radius 3 is 2.16 bits per heavy atom. The molecule has 0 bridgehead atoms. The van der Waals surface area contributed by atoms with Crippen LogP contribution < -0.4 is 13.8 Å². The van der Waals surface area contributed by atoms with Crippen molar-refractivity contribution in [1.82, 2.24) is 0 Å². The second kappa shape index (κ2) is 9.54. The Hall–Kier alpha value is -3.83. The number of hydrogen-bond acceptors (Lipinski definition) is 6. The van der Waals surface area contributed by atoms with Gasteiger partial charge in [0.1, 0.15) is 11.5 Å². The fraction of sp³-hybridized carbons (Fsp3) is 0.167. The van der Waals surface area contributed by atoms with Gasteiger partial charge in [0, 0.05) is 7.05 Å². The van der Waals surface area contributed by atoms with Gasteiger partial charge in [0.2, 0.25) is 0 Å². The fourth-order valence-electron chi connectivity index (χ4n) is 2.82. The molecule has 0 amide bonds. The molecule has 0 spiro atoms. The van der Waals surface area contributed by atoms with Crippen molar-refractivity contribution < 1.29 is 22.7 Å². The molecule has 0 atom stereocenters. The summed E-state index contributed by atoms with van der Waals surface area (Å²) in [5.41, 5.74) is 2.83. The lowest BCUT2D eigenvalue weighted by Gasteiger charge is -2.20. The van der Waals surface area contributed by atoms with Gasteiger partial charge in [0.15, 0.2) is 6.61 Å². The summed E-state index contributed by atoms with van der Waals surface area (Å²) in [6, 6.07) is 19.5. The molecule has 0 saturated heterocycles. The van der Waals surface area contributed by atoms with Crippen LogP contribution in [-0.2, 0) is 14.8 Å². The molecule has 0 radical (unpaired) electrons. The molecule has 3 aromatic carbocycles. The molecule has 3 rings (SSSR count). The monoisotopic (exact) mass is 450 g/mol. The first kappa shape index (κ1) is 22.8. The highest BCUT2D eigenvalue weighted by molar-refractivity contribution is 7.92. The smallest absolute Gasteiger partial charge is 0.349 e. The summed E-state index contributed by atoms with van der Waals surface area (Å²) in [5, 5.41) is 8.79. The molecule has 0 aliphatic carbocycles. The molecule has 32 heavy (non-hydrogen) atoms. The number of ether oxygens (including phenoxy) is 2. The van der Waals surface area contributed by atoms with E-state index in [1.165, 1.54) is 23.5 Å².